The van der Waals surface area contributed by atoms with Gasteiger partial charge in [0, 0.05) is 4.47 Å². The van der Waals surface area contributed by atoms with E-state index in [1.54, 1.807) is 0 Å². The minimum absolute atomic E-state index is 0.551. The number of benzene rings is 1. The predicted octanol–water partition coefficient (Wildman–Crippen LogP) is 3.45. The topological polar surface area (TPSA) is 35.2 Å². The molecule has 2 N–H and O–H groups in total. The van der Waals surface area contributed by atoms with Crippen molar-refractivity contribution in [3.8, 4) is 5.75 Å². The van der Waals surface area contributed by atoms with E-state index in [9.17, 15) is 0 Å². The summed E-state index contributed by atoms with van der Waals surface area (Å²) in [5.41, 5.74) is 5.71. The number of hydrogen-bond acceptors (Lipinski definition) is 2. The smallest absolute Gasteiger partial charge is 0.119 e. The zero-order valence-corrected chi connectivity index (χ0v) is 11.5. The Morgan fingerprint density at radius 2 is 1.88 bits per heavy atom. The van der Waals surface area contributed by atoms with Crippen LogP contribution in [-0.4, -0.2) is 13.2 Å². The van der Waals surface area contributed by atoms with Crippen molar-refractivity contribution in [3.63, 3.8) is 0 Å². The summed E-state index contributed by atoms with van der Waals surface area (Å²) >= 11 is 3.40. The summed E-state index contributed by atoms with van der Waals surface area (Å²) in [6.07, 6.45) is 1.02. The van der Waals surface area contributed by atoms with Crippen molar-refractivity contribution in [1.82, 2.24) is 0 Å². The minimum Gasteiger partial charge on any atom is -0.494 e. The zero-order chi connectivity index (χ0) is 12.0. The van der Waals surface area contributed by atoms with E-state index in [4.69, 9.17) is 10.5 Å². The van der Waals surface area contributed by atoms with Crippen LogP contribution in [-0.2, 0) is 0 Å². The molecule has 2 nitrogen and oxygen atoms in total. The molecular formula is C13H20BrNO. The molecule has 1 unspecified atom stereocenters. The van der Waals surface area contributed by atoms with Gasteiger partial charge in [-0.05, 0) is 49.1 Å². The van der Waals surface area contributed by atoms with Gasteiger partial charge in [-0.1, -0.05) is 29.8 Å². The molecule has 0 radical (unpaired) electrons. The first-order valence-corrected chi connectivity index (χ1v) is 6.51. The lowest BCUT2D eigenvalue weighted by Crippen LogP contribution is -2.22. The quantitative estimate of drug-likeness (QED) is 0.869. The van der Waals surface area contributed by atoms with Crippen molar-refractivity contribution < 1.29 is 4.74 Å². The molecule has 3 heteroatoms. The van der Waals surface area contributed by atoms with Crippen molar-refractivity contribution in [2.75, 3.05) is 13.2 Å². The molecule has 0 amide bonds. The van der Waals surface area contributed by atoms with Crippen molar-refractivity contribution in [1.29, 1.82) is 0 Å². The summed E-state index contributed by atoms with van der Waals surface area (Å²) in [5, 5.41) is 0. The summed E-state index contributed by atoms with van der Waals surface area (Å²) in [4.78, 5) is 0. The molecule has 0 fully saturated rings. The Labute approximate surface area is 106 Å². The van der Waals surface area contributed by atoms with Crippen molar-refractivity contribution in [2.45, 2.75) is 20.3 Å². The Morgan fingerprint density at radius 3 is 2.38 bits per heavy atom. The third kappa shape index (κ3) is 4.54. The first-order chi connectivity index (χ1) is 7.63. The fourth-order valence-corrected chi connectivity index (χ4v) is 1.85. The maximum absolute atomic E-state index is 5.71. The normalized spacial score (nSPS) is 12.8. The van der Waals surface area contributed by atoms with Crippen molar-refractivity contribution in [3.05, 3.63) is 28.7 Å². The molecule has 0 spiro atoms. The summed E-state index contributed by atoms with van der Waals surface area (Å²) in [6, 6.07) is 7.91. The molecule has 0 heterocycles. The van der Waals surface area contributed by atoms with Gasteiger partial charge in [-0.3, -0.25) is 0 Å². The molecule has 0 aliphatic heterocycles. The molecule has 16 heavy (non-hydrogen) atoms. The third-order valence-corrected chi connectivity index (χ3v) is 3.35. The van der Waals surface area contributed by atoms with E-state index >= 15 is 0 Å². The monoisotopic (exact) mass is 285 g/mol. The second-order valence-corrected chi connectivity index (χ2v) is 5.25. The highest BCUT2D eigenvalue weighted by atomic mass is 79.9. The molecule has 1 aromatic rings. The van der Waals surface area contributed by atoms with Gasteiger partial charge in [0.1, 0.15) is 5.75 Å². The largest absolute Gasteiger partial charge is 0.494 e. The Balaban J connectivity index is 2.32. The zero-order valence-electron chi connectivity index (χ0n) is 9.95. The first kappa shape index (κ1) is 13.5. The Bertz CT molecular complexity index is 297. The standard InChI is InChI=1S/C13H20BrNO/c1-10(2)11(9-15)7-8-16-13-5-3-12(14)4-6-13/h3-6,10-11H,7-9,15H2,1-2H3. The highest BCUT2D eigenvalue weighted by Crippen LogP contribution is 2.18. The van der Waals surface area contributed by atoms with Gasteiger partial charge in [-0.2, -0.15) is 0 Å². The van der Waals surface area contributed by atoms with Gasteiger partial charge < -0.3 is 10.5 Å². The molecule has 0 aromatic heterocycles. The van der Waals surface area contributed by atoms with Crippen molar-refractivity contribution >= 4 is 15.9 Å². The molecule has 1 atom stereocenters. The molecule has 0 aliphatic rings. The van der Waals surface area contributed by atoms with Crippen LogP contribution in [0, 0.1) is 11.8 Å². The van der Waals surface area contributed by atoms with Crippen LogP contribution in [0.15, 0.2) is 28.7 Å². The average Bonchev–Trinajstić information content (AvgIpc) is 2.26. The summed E-state index contributed by atoms with van der Waals surface area (Å²) in [6.45, 7) is 5.89. The number of rotatable bonds is 6. The molecule has 90 valence electrons. The van der Waals surface area contributed by atoms with Gasteiger partial charge in [-0.25, -0.2) is 0 Å². The molecule has 0 saturated carbocycles. The fraction of sp³-hybridized carbons (Fsp3) is 0.538. The van der Waals surface area contributed by atoms with Crippen LogP contribution in [0.3, 0.4) is 0 Å². The van der Waals surface area contributed by atoms with Crippen LogP contribution in [0.1, 0.15) is 20.3 Å². The van der Waals surface area contributed by atoms with Gasteiger partial charge in [0.15, 0.2) is 0 Å². The van der Waals surface area contributed by atoms with Crippen LogP contribution in [0.25, 0.3) is 0 Å². The average molecular weight is 286 g/mol. The van der Waals surface area contributed by atoms with Gasteiger partial charge in [0.05, 0.1) is 6.61 Å². The number of hydrogen-bond donors (Lipinski definition) is 1. The summed E-state index contributed by atoms with van der Waals surface area (Å²) in [5.74, 6) is 2.09. The second kappa shape index (κ2) is 6.92. The van der Waals surface area contributed by atoms with E-state index in [2.05, 4.69) is 29.8 Å². The van der Waals surface area contributed by atoms with Crippen LogP contribution < -0.4 is 10.5 Å². The van der Waals surface area contributed by atoms with Gasteiger partial charge in [-0.15, -0.1) is 0 Å². The highest BCUT2D eigenvalue weighted by molar-refractivity contribution is 9.10. The lowest BCUT2D eigenvalue weighted by molar-refractivity contribution is 0.252. The lowest BCUT2D eigenvalue weighted by Gasteiger charge is -2.18. The number of nitrogens with two attached hydrogens (primary N) is 1. The second-order valence-electron chi connectivity index (χ2n) is 4.33. The molecule has 0 saturated heterocycles. The third-order valence-electron chi connectivity index (χ3n) is 2.82. The van der Waals surface area contributed by atoms with E-state index in [0.29, 0.717) is 11.8 Å². The molecule has 1 aromatic carbocycles. The summed E-state index contributed by atoms with van der Waals surface area (Å²) in [7, 11) is 0. The maximum atomic E-state index is 5.71. The Hall–Kier alpha value is -0.540. The van der Waals surface area contributed by atoms with Crippen LogP contribution >= 0.6 is 15.9 Å². The van der Waals surface area contributed by atoms with Crippen molar-refractivity contribution in [2.24, 2.45) is 17.6 Å². The van der Waals surface area contributed by atoms with Crippen LogP contribution in [0.4, 0.5) is 0 Å². The summed E-state index contributed by atoms with van der Waals surface area (Å²) < 4.78 is 6.74. The van der Waals surface area contributed by atoms with E-state index < -0.39 is 0 Å². The minimum atomic E-state index is 0.551. The van der Waals surface area contributed by atoms with E-state index in [1.807, 2.05) is 24.3 Å². The maximum Gasteiger partial charge on any atom is 0.119 e. The first-order valence-electron chi connectivity index (χ1n) is 5.72. The Morgan fingerprint density at radius 1 is 1.25 bits per heavy atom. The van der Waals surface area contributed by atoms with Crippen LogP contribution in [0.5, 0.6) is 5.75 Å². The predicted molar refractivity (Wildman–Crippen MR) is 71.6 cm³/mol. The van der Waals surface area contributed by atoms with E-state index in [1.165, 1.54) is 0 Å². The van der Waals surface area contributed by atoms with Gasteiger partial charge in [0.25, 0.3) is 0 Å². The van der Waals surface area contributed by atoms with Crippen LogP contribution in [0.2, 0.25) is 0 Å². The molecular weight excluding hydrogens is 266 g/mol. The number of ether oxygens (including phenoxy) is 1. The SMILES string of the molecule is CC(C)C(CN)CCOc1ccc(Br)cc1. The van der Waals surface area contributed by atoms with E-state index in [0.717, 1.165) is 29.8 Å². The molecule has 0 aliphatic carbocycles. The van der Waals surface area contributed by atoms with E-state index in [-0.39, 0.29) is 0 Å². The molecule has 1 rings (SSSR count). The highest BCUT2D eigenvalue weighted by Gasteiger charge is 2.10. The van der Waals surface area contributed by atoms with Gasteiger partial charge >= 0.3 is 0 Å². The Kier molecular flexibility index (Phi) is 5.85. The fourth-order valence-electron chi connectivity index (χ4n) is 1.58. The lowest BCUT2D eigenvalue weighted by atomic mass is 9.93. The molecule has 0 bridgehead atoms. The number of halogens is 1. The van der Waals surface area contributed by atoms with Gasteiger partial charge in [0.2, 0.25) is 0 Å².